The molecule has 0 fully saturated rings. The van der Waals surface area contributed by atoms with Crippen molar-refractivity contribution in [2.75, 3.05) is 5.75 Å². The summed E-state index contributed by atoms with van der Waals surface area (Å²) in [5.41, 5.74) is 0.255. The van der Waals surface area contributed by atoms with Gasteiger partial charge in [0.2, 0.25) is 5.91 Å². The lowest BCUT2D eigenvalue weighted by molar-refractivity contribution is -0.119. The maximum absolute atomic E-state index is 13.7. The number of aromatic nitrogens is 2. The first-order chi connectivity index (χ1) is 11.6. The van der Waals surface area contributed by atoms with E-state index in [1.54, 1.807) is 18.2 Å². The summed E-state index contributed by atoms with van der Waals surface area (Å²) in [6.07, 6.45) is 4.43. The third-order valence-corrected chi connectivity index (χ3v) is 4.30. The summed E-state index contributed by atoms with van der Waals surface area (Å²) in [7, 11) is 0. The lowest BCUT2D eigenvalue weighted by Crippen LogP contribution is -2.33. The number of hydrogen-bond acceptors (Lipinski definition) is 5. The van der Waals surface area contributed by atoms with Gasteiger partial charge in [0.1, 0.15) is 5.82 Å². The zero-order chi connectivity index (χ0) is 17.4. The number of carbonyl (C=O) groups excluding carboxylic acids is 1. The summed E-state index contributed by atoms with van der Waals surface area (Å²) in [5.74, 6) is -0.188. The minimum atomic E-state index is -0.420. The molecular weight excluding hydrogens is 329 g/mol. The van der Waals surface area contributed by atoms with Crippen molar-refractivity contribution in [3.63, 3.8) is 0 Å². The number of rotatable bonds is 9. The van der Waals surface area contributed by atoms with Crippen molar-refractivity contribution in [3.8, 4) is 11.5 Å². The predicted molar refractivity (Wildman–Crippen MR) is 92.2 cm³/mol. The average Bonchev–Trinajstić information content (AvgIpc) is 3.02. The highest BCUT2D eigenvalue weighted by Crippen LogP contribution is 2.24. The van der Waals surface area contributed by atoms with E-state index in [1.165, 1.54) is 12.5 Å². The third kappa shape index (κ3) is 5.63. The van der Waals surface area contributed by atoms with Gasteiger partial charge < -0.3 is 9.73 Å². The molecule has 5 nitrogen and oxygen atoms in total. The van der Waals surface area contributed by atoms with Crippen molar-refractivity contribution in [1.29, 1.82) is 0 Å². The van der Waals surface area contributed by atoms with Crippen LogP contribution in [0.4, 0.5) is 4.39 Å². The Hall–Kier alpha value is -1.89. The van der Waals surface area contributed by atoms with E-state index in [-0.39, 0.29) is 34.4 Å². The van der Waals surface area contributed by atoms with Crippen LogP contribution in [-0.4, -0.2) is 27.9 Å². The molecule has 0 aliphatic rings. The van der Waals surface area contributed by atoms with Gasteiger partial charge in [0, 0.05) is 6.04 Å². The molecule has 24 heavy (non-hydrogen) atoms. The number of carbonyl (C=O) groups is 1. The van der Waals surface area contributed by atoms with E-state index < -0.39 is 5.82 Å². The van der Waals surface area contributed by atoms with Gasteiger partial charge in [0.15, 0.2) is 0 Å². The maximum atomic E-state index is 13.7. The largest absolute Gasteiger partial charge is 0.411 e. The molecule has 2 rings (SSSR count). The number of benzene rings is 1. The first-order valence-corrected chi connectivity index (χ1v) is 9.09. The van der Waals surface area contributed by atoms with Crippen LogP contribution < -0.4 is 5.32 Å². The molecule has 0 saturated heterocycles. The van der Waals surface area contributed by atoms with Crippen molar-refractivity contribution in [2.24, 2.45) is 0 Å². The molecule has 1 heterocycles. The van der Waals surface area contributed by atoms with Crippen LogP contribution in [0.1, 0.15) is 39.5 Å². The fourth-order valence-corrected chi connectivity index (χ4v) is 2.80. The Labute approximate surface area is 145 Å². The standard InChI is InChI=1S/C17H22FN3O2S/c1-3-4-5-8-12(2)19-15(22)11-24-17-21-20-16(23-17)13-9-6-7-10-14(13)18/h6-7,9-10,12H,3-5,8,11H2,1-2H3,(H,19,22)/t12-/m0/s1. The van der Waals surface area contributed by atoms with Crippen molar-refractivity contribution in [1.82, 2.24) is 15.5 Å². The second-order valence-corrected chi connectivity index (χ2v) is 6.53. The smallest absolute Gasteiger partial charge is 0.277 e. The van der Waals surface area contributed by atoms with E-state index in [9.17, 15) is 9.18 Å². The minimum absolute atomic E-state index is 0.0744. The molecule has 1 aromatic carbocycles. The molecule has 2 aromatic rings. The molecule has 0 bridgehead atoms. The molecule has 0 radical (unpaired) electrons. The van der Waals surface area contributed by atoms with Crippen LogP contribution in [0, 0.1) is 5.82 Å². The molecule has 0 unspecified atom stereocenters. The van der Waals surface area contributed by atoms with Gasteiger partial charge >= 0.3 is 0 Å². The number of halogens is 1. The number of nitrogens with zero attached hydrogens (tertiary/aromatic N) is 2. The third-order valence-electron chi connectivity index (χ3n) is 3.49. The first kappa shape index (κ1) is 18.4. The van der Waals surface area contributed by atoms with Crippen LogP contribution in [0.3, 0.4) is 0 Å². The molecule has 130 valence electrons. The predicted octanol–water partition coefficient (Wildman–Crippen LogP) is 4.05. The summed E-state index contributed by atoms with van der Waals surface area (Å²) >= 11 is 1.15. The van der Waals surface area contributed by atoms with E-state index >= 15 is 0 Å². The quantitative estimate of drug-likeness (QED) is 0.545. The highest BCUT2D eigenvalue weighted by molar-refractivity contribution is 7.99. The molecule has 0 aliphatic heterocycles. The minimum Gasteiger partial charge on any atom is -0.411 e. The van der Waals surface area contributed by atoms with Gasteiger partial charge in [-0.15, -0.1) is 10.2 Å². The molecule has 0 spiro atoms. The fraction of sp³-hybridized carbons (Fsp3) is 0.471. The highest BCUT2D eigenvalue weighted by atomic mass is 32.2. The Morgan fingerprint density at radius 1 is 1.33 bits per heavy atom. The molecule has 1 atom stereocenters. The lowest BCUT2D eigenvalue weighted by atomic mass is 10.1. The second kappa shape index (κ2) is 9.42. The van der Waals surface area contributed by atoms with Crippen LogP contribution in [0.15, 0.2) is 33.9 Å². The second-order valence-electron chi connectivity index (χ2n) is 5.61. The van der Waals surface area contributed by atoms with Crippen LogP contribution >= 0.6 is 11.8 Å². The van der Waals surface area contributed by atoms with E-state index in [0.29, 0.717) is 0 Å². The zero-order valence-corrected chi connectivity index (χ0v) is 14.7. The van der Waals surface area contributed by atoms with E-state index in [0.717, 1.165) is 31.0 Å². The number of nitrogens with one attached hydrogen (secondary N) is 1. The Balaban J connectivity index is 1.81. The van der Waals surface area contributed by atoms with Crippen LogP contribution in [0.2, 0.25) is 0 Å². The molecule has 1 N–H and O–H groups in total. The van der Waals surface area contributed by atoms with E-state index in [2.05, 4.69) is 22.4 Å². The van der Waals surface area contributed by atoms with Gasteiger partial charge in [0.25, 0.3) is 11.1 Å². The molecule has 7 heteroatoms. The SMILES string of the molecule is CCCCC[C@H](C)NC(=O)CSc1nnc(-c2ccccc2F)o1. The van der Waals surface area contributed by atoms with Crippen molar-refractivity contribution >= 4 is 17.7 Å². The lowest BCUT2D eigenvalue weighted by Gasteiger charge is -2.12. The number of unbranched alkanes of at least 4 members (excludes halogenated alkanes) is 2. The highest BCUT2D eigenvalue weighted by Gasteiger charge is 2.14. The molecule has 0 saturated carbocycles. The Morgan fingerprint density at radius 2 is 2.12 bits per heavy atom. The van der Waals surface area contributed by atoms with Crippen LogP contribution in [0.5, 0.6) is 0 Å². The topological polar surface area (TPSA) is 68.0 Å². The Kier molecular flexibility index (Phi) is 7.24. The van der Waals surface area contributed by atoms with Gasteiger partial charge in [-0.2, -0.15) is 0 Å². The Bertz CT molecular complexity index is 663. The van der Waals surface area contributed by atoms with E-state index in [1.807, 2.05) is 6.92 Å². The summed E-state index contributed by atoms with van der Waals surface area (Å²) in [5, 5.41) is 10.9. The summed E-state index contributed by atoms with van der Waals surface area (Å²) in [4.78, 5) is 11.9. The summed E-state index contributed by atoms with van der Waals surface area (Å²) < 4.78 is 19.1. The summed E-state index contributed by atoms with van der Waals surface area (Å²) in [6.45, 7) is 4.15. The van der Waals surface area contributed by atoms with Crippen molar-refractivity contribution < 1.29 is 13.6 Å². The van der Waals surface area contributed by atoms with Crippen LogP contribution in [-0.2, 0) is 4.79 Å². The van der Waals surface area contributed by atoms with Gasteiger partial charge in [-0.1, -0.05) is 50.1 Å². The van der Waals surface area contributed by atoms with Gasteiger partial charge in [0.05, 0.1) is 11.3 Å². The average molecular weight is 351 g/mol. The zero-order valence-electron chi connectivity index (χ0n) is 13.9. The number of thioether (sulfide) groups is 1. The molecule has 1 amide bonds. The van der Waals surface area contributed by atoms with Crippen molar-refractivity contribution in [2.45, 2.75) is 50.8 Å². The normalized spacial score (nSPS) is 12.1. The molecule has 1 aromatic heterocycles. The Morgan fingerprint density at radius 3 is 2.88 bits per heavy atom. The number of hydrogen-bond donors (Lipinski definition) is 1. The van der Waals surface area contributed by atoms with E-state index in [4.69, 9.17) is 4.42 Å². The first-order valence-electron chi connectivity index (χ1n) is 8.10. The number of amides is 1. The van der Waals surface area contributed by atoms with Gasteiger partial charge in [-0.25, -0.2) is 4.39 Å². The monoisotopic (exact) mass is 351 g/mol. The molecule has 0 aliphatic carbocycles. The van der Waals surface area contributed by atoms with Gasteiger partial charge in [-0.05, 0) is 25.5 Å². The maximum Gasteiger partial charge on any atom is 0.277 e. The summed E-state index contributed by atoms with van der Waals surface area (Å²) in [6, 6.07) is 6.35. The molecular formula is C17H22FN3O2S. The van der Waals surface area contributed by atoms with Gasteiger partial charge in [-0.3, -0.25) is 4.79 Å². The fourth-order valence-electron chi connectivity index (χ4n) is 2.23. The van der Waals surface area contributed by atoms with Crippen molar-refractivity contribution in [3.05, 3.63) is 30.1 Å². The van der Waals surface area contributed by atoms with Crippen LogP contribution in [0.25, 0.3) is 11.5 Å².